The number of likely N-dealkylation sites (tertiary alicyclic amines) is 1. The lowest BCUT2D eigenvalue weighted by molar-refractivity contribution is -0.137. The lowest BCUT2D eigenvalue weighted by Crippen LogP contribution is -2.44. The maximum atomic E-state index is 15.1. The highest BCUT2D eigenvalue weighted by molar-refractivity contribution is 8.03. The topological polar surface area (TPSA) is 103 Å². The molecular weight excluding hydrogens is 552 g/mol. The number of rotatable bonds is 8. The number of thioether (sulfide) groups is 1. The summed E-state index contributed by atoms with van der Waals surface area (Å²) in [4.78, 5) is 40.9. The monoisotopic (exact) mass is 575 g/mol. The lowest BCUT2D eigenvalue weighted by atomic mass is 10.1. The summed E-state index contributed by atoms with van der Waals surface area (Å²) in [6.45, 7) is -0.120. The van der Waals surface area contributed by atoms with E-state index >= 15 is 4.39 Å². The fraction of sp³-hybridized carbons (Fsp3) is 0.296. The van der Waals surface area contributed by atoms with Crippen LogP contribution in [0.2, 0.25) is 5.02 Å². The Morgan fingerprint density at radius 3 is 2.82 bits per heavy atom. The second kappa shape index (κ2) is 11.3. The van der Waals surface area contributed by atoms with Crippen molar-refractivity contribution in [2.24, 2.45) is 0 Å². The molecule has 2 N–H and O–H groups in total. The average Bonchev–Trinajstić information content (AvgIpc) is 3.63. The van der Waals surface area contributed by atoms with Crippen LogP contribution in [-0.4, -0.2) is 57.4 Å². The first-order valence-electron chi connectivity index (χ1n) is 12.2. The molecule has 2 atom stereocenters. The number of carbonyl (C=O) groups excluding carboxylic acids is 2. The summed E-state index contributed by atoms with van der Waals surface area (Å²) in [7, 11) is 0. The lowest BCUT2D eigenvalue weighted by Gasteiger charge is -2.31. The minimum atomic E-state index is -1.23. The van der Waals surface area contributed by atoms with Crippen molar-refractivity contribution < 1.29 is 32.7 Å². The predicted octanol–water partition coefficient (Wildman–Crippen LogP) is 5.63. The van der Waals surface area contributed by atoms with Crippen LogP contribution in [-0.2, 0) is 16.0 Å². The number of anilines is 1. The van der Waals surface area contributed by atoms with Crippen LogP contribution < -0.4 is 5.32 Å². The van der Waals surface area contributed by atoms with Crippen LogP contribution >= 0.6 is 23.4 Å². The van der Waals surface area contributed by atoms with E-state index in [9.17, 15) is 18.8 Å². The van der Waals surface area contributed by atoms with Gasteiger partial charge in [0.25, 0.3) is 5.91 Å². The number of furan rings is 1. The van der Waals surface area contributed by atoms with E-state index in [1.165, 1.54) is 29.0 Å². The molecule has 1 unspecified atom stereocenters. The zero-order valence-corrected chi connectivity index (χ0v) is 22.1. The van der Waals surface area contributed by atoms with Gasteiger partial charge >= 0.3 is 5.97 Å². The number of aliphatic carboxylic acids is 1. The van der Waals surface area contributed by atoms with E-state index < -0.39 is 35.9 Å². The average molecular weight is 576 g/mol. The van der Waals surface area contributed by atoms with Gasteiger partial charge in [0.1, 0.15) is 30.0 Å². The number of benzene rings is 2. The fourth-order valence-electron chi connectivity index (χ4n) is 4.73. The summed E-state index contributed by atoms with van der Waals surface area (Å²) in [6.07, 6.45) is 1.41. The molecule has 8 nitrogen and oxygen atoms in total. The minimum absolute atomic E-state index is 0.0130. The number of alkyl halides is 1. The van der Waals surface area contributed by atoms with Gasteiger partial charge in [0.2, 0.25) is 5.91 Å². The molecule has 1 aromatic heterocycles. The molecule has 39 heavy (non-hydrogen) atoms. The standard InChI is InChI=1S/C27H24ClF2N3O5S/c28-20-7-15(21(30)10-22(20)31-27(37)19-13-38-23-4-2-1-3-18(19)23)8-25(34)33-11-16(29)9-24(33)32-12-17(39-14-32)5-6-26(35)36/h1-4,7,10,12-13,16,24H,5-6,8-9,11,14H2,(H,31,37)(H,35,36)/t16-,24?/m0/s1. The van der Waals surface area contributed by atoms with Gasteiger partial charge in [-0.1, -0.05) is 29.8 Å². The highest BCUT2D eigenvalue weighted by Gasteiger charge is 2.39. The van der Waals surface area contributed by atoms with Crippen molar-refractivity contribution in [1.82, 2.24) is 9.80 Å². The van der Waals surface area contributed by atoms with E-state index in [0.717, 1.165) is 11.0 Å². The Hall–Kier alpha value is -3.57. The molecule has 2 aliphatic heterocycles. The van der Waals surface area contributed by atoms with Gasteiger partial charge in [0.05, 0.1) is 35.1 Å². The Bertz CT molecular complexity index is 1480. The van der Waals surface area contributed by atoms with Crippen molar-refractivity contribution in [3.63, 3.8) is 0 Å². The maximum Gasteiger partial charge on any atom is 0.303 e. The SMILES string of the molecule is O=C(O)CCC1=CN(C2C[C@H](F)CN2C(=O)Cc2cc(Cl)c(NC(=O)c3coc4ccccc34)cc2F)CS1. The van der Waals surface area contributed by atoms with E-state index in [4.69, 9.17) is 21.1 Å². The van der Waals surface area contributed by atoms with Crippen LogP contribution in [0, 0.1) is 5.82 Å². The minimum Gasteiger partial charge on any atom is -0.481 e. The van der Waals surface area contributed by atoms with Crippen molar-refractivity contribution in [3.8, 4) is 0 Å². The van der Waals surface area contributed by atoms with Gasteiger partial charge in [-0.25, -0.2) is 8.78 Å². The third kappa shape index (κ3) is 5.89. The summed E-state index contributed by atoms with van der Waals surface area (Å²) >= 11 is 7.80. The van der Waals surface area contributed by atoms with Crippen LogP contribution in [0.1, 0.15) is 35.2 Å². The highest BCUT2D eigenvalue weighted by atomic mass is 35.5. The zero-order chi connectivity index (χ0) is 27.7. The van der Waals surface area contributed by atoms with E-state index in [2.05, 4.69) is 5.32 Å². The second-order valence-corrected chi connectivity index (χ2v) is 10.8. The molecule has 0 saturated carbocycles. The van der Waals surface area contributed by atoms with Crippen molar-refractivity contribution in [2.75, 3.05) is 17.7 Å². The number of fused-ring (bicyclic) bond motifs is 1. The zero-order valence-electron chi connectivity index (χ0n) is 20.5. The van der Waals surface area contributed by atoms with E-state index in [1.54, 1.807) is 30.5 Å². The molecule has 3 aromatic rings. The number of nitrogens with one attached hydrogen (secondary N) is 1. The molecule has 0 radical (unpaired) electrons. The molecule has 3 heterocycles. The summed E-state index contributed by atoms with van der Waals surface area (Å²) in [5.41, 5.74) is 0.856. The number of carbonyl (C=O) groups is 3. The van der Waals surface area contributed by atoms with Gasteiger partial charge in [-0.15, -0.1) is 11.8 Å². The summed E-state index contributed by atoms with van der Waals surface area (Å²) in [5.74, 6) is -2.17. The first kappa shape index (κ1) is 27.0. The highest BCUT2D eigenvalue weighted by Crippen LogP contribution is 2.35. The molecule has 1 saturated heterocycles. The second-order valence-electron chi connectivity index (χ2n) is 9.34. The largest absolute Gasteiger partial charge is 0.481 e. The Balaban J connectivity index is 1.27. The molecule has 0 aliphatic carbocycles. The molecule has 5 rings (SSSR count). The third-order valence-electron chi connectivity index (χ3n) is 6.67. The summed E-state index contributed by atoms with van der Waals surface area (Å²) in [5, 5.41) is 12.1. The number of hydrogen-bond donors (Lipinski definition) is 2. The van der Waals surface area contributed by atoms with Crippen LogP contribution in [0.3, 0.4) is 0 Å². The number of carboxylic acid groups (broad SMARTS) is 1. The molecule has 0 bridgehead atoms. The molecule has 2 aromatic carbocycles. The summed E-state index contributed by atoms with van der Waals surface area (Å²) in [6, 6.07) is 9.33. The van der Waals surface area contributed by atoms with Gasteiger partial charge in [-0.2, -0.15) is 0 Å². The van der Waals surface area contributed by atoms with Crippen LogP contribution in [0.5, 0.6) is 0 Å². The molecule has 0 spiro atoms. The fourth-order valence-corrected chi connectivity index (χ4v) is 5.98. The molecule has 12 heteroatoms. The number of nitrogens with zero attached hydrogens (tertiary/aromatic N) is 2. The maximum absolute atomic E-state index is 15.1. The molecular formula is C27H24ClF2N3O5S. The number of halogens is 3. The smallest absolute Gasteiger partial charge is 0.303 e. The molecule has 2 aliphatic rings. The van der Waals surface area contributed by atoms with Gasteiger partial charge in [-0.05, 0) is 30.2 Å². The number of carboxylic acids is 1. The Labute approximate surface area is 231 Å². The number of amides is 2. The quantitative estimate of drug-likeness (QED) is 0.359. The summed E-state index contributed by atoms with van der Waals surface area (Å²) < 4.78 is 34.8. The van der Waals surface area contributed by atoms with Gasteiger partial charge in [0.15, 0.2) is 0 Å². The third-order valence-corrected chi connectivity index (χ3v) is 8.09. The first-order chi connectivity index (χ1) is 18.7. The Kier molecular flexibility index (Phi) is 7.81. The van der Waals surface area contributed by atoms with Gasteiger partial charge in [-0.3, -0.25) is 14.4 Å². The van der Waals surface area contributed by atoms with Crippen molar-refractivity contribution >= 4 is 57.8 Å². The van der Waals surface area contributed by atoms with Crippen LogP contribution in [0.15, 0.2) is 58.2 Å². The first-order valence-corrected chi connectivity index (χ1v) is 13.6. The normalized spacial score (nSPS) is 19.0. The van der Waals surface area contributed by atoms with E-state index in [0.29, 0.717) is 23.3 Å². The van der Waals surface area contributed by atoms with Crippen molar-refractivity contribution in [3.05, 3.63) is 75.7 Å². The van der Waals surface area contributed by atoms with Crippen LogP contribution in [0.25, 0.3) is 11.0 Å². The number of para-hydroxylation sites is 1. The molecule has 2 amide bonds. The van der Waals surface area contributed by atoms with Gasteiger partial charge < -0.3 is 24.6 Å². The molecule has 1 fully saturated rings. The van der Waals surface area contributed by atoms with E-state index in [-0.39, 0.29) is 47.6 Å². The number of allylic oxidation sites excluding steroid dienone is 1. The van der Waals surface area contributed by atoms with E-state index in [1.807, 2.05) is 4.90 Å². The van der Waals surface area contributed by atoms with Crippen molar-refractivity contribution in [1.29, 1.82) is 0 Å². The van der Waals surface area contributed by atoms with Crippen molar-refractivity contribution in [2.45, 2.75) is 38.0 Å². The Morgan fingerprint density at radius 1 is 1.23 bits per heavy atom. The predicted molar refractivity (Wildman–Crippen MR) is 144 cm³/mol. The molecule has 204 valence electrons. The Morgan fingerprint density at radius 2 is 2.03 bits per heavy atom. The van der Waals surface area contributed by atoms with Gasteiger partial charge in [0, 0.05) is 29.3 Å². The van der Waals surface area contributed by atoms with Crippen LogP contribution in [0.4, 0.5) is 14.5 Å². The number of hydrogen-bond acceptors (Lipinski definition) is 6.